The lowest BCUT2D eigenvalue weighted by Crippen LogP contribution is -2.40. The first-order chi connectivity index (χ1) is 15.4. The molecule has 2 heterocycles. The quantitative estimate of drug-likeness (QED) is 0.578. The highest BCUT2D eigenvalue weighted by Crippen LogP contribution is 2.25. The van der Waals surface area contributed by atoms with Crippen LogP contribution < -0.4 is 4.74 Å². The van der Waals surface area contributed by atoms with E-state index in [0.717, 1.165) is 39.2 Å². The van der Waals surface area contributed by atoms with E-state index in [9.17, 15) is 9.90 Å². The highest BCUT2D eigenvalue weighted by Gasteiger charge is 2.33. The second-order valence-corrected chi connectivity index (χ2v) is 8.27. The van der Waals surface area contributed by atoms with E-state index in [1.165, 1.54) is 0 Å². The number of carboxylic acid groups (broad SMARTS) is 1. The second kappa shape index (κ2) is 9.36. The van der Waals surface area contributed by atoms with Crippen LogP contribution in [-0.4, -0.2) is 52.9 Å². The topological polar surface area (TPSA) is 84.2 Å². The number of para-hydroxylation sites is 1. The Balaban J connectivity index is 1.41. The molecule has 0 saturated heterocycles. The van der Waals surface area contributed by atoms with E-state index in [0.29, 0.717) is 13.0 Å². The lowest BCUT2D eigenvalue weighted by molar-refractivity contribution is -0.139. The number of carboxylic acids is 1. The molecule has 1 aliphatic heterocycles. The number of ether oxygens (including phenoxy) is 1. The van der Waals surface area contributed by atoms with E-state index in [2.05, 4.69) is 22.3 Å². The molecule has 32 heavy (non-hydrogen) atoms. The van der Waals surface area contributed by atoms with Gasteiger partial charge in [0.2, 0.25) is 0 Å². The summed E-state index contributed by atoms with van der Waals surface area (Å²) in [6, 6.07) is 17.6. The van der Waals surface area contributed by atoms with Gasteiger partial charge in [0, 0.05) is 23.1 Å². The van der Waals surface area contributed by atoms with Gasteiger partial charge in [-0.25, -0.2) is 0 Å². The zero-order chi connectivity index (χ0) is 22.7. The molecule has 0 radical (unpaired) electrons. The van der Waals surface area contributed by atoms with Gasteiger partial charge in [0.1, 0.15) is 18.5 Å². The minimum atomic E-state index is -0.848. The third kappa shape index (κ3) is 4.89. The molecule has 0 fully saturated rings. The number of benzene rings is 2. The number of fused-ring (bicyclic) bond motifs is 1. The van der Waals surface area contributed by atoms with Crippen LogP contribution in [0.1, 0.15) is 29.7 Å². The normalized spacial score (nSPS) is 16.6. The molecule has 166 valence electrons. The minimum absolute atomic E-state index is 0.0103. The highest BCUT2D eigenvalue weighted by molar-refractivity contribution is 6.01. The third-order valence-corrected chi connectivity index (χ3v) is 5.68. The molecule has 7 nitrogen and oxygen atoms in total. The van der Waals surface area contributed by atoms with Crippen molar-refractivity contribution in [2.75, 3.05) is 14.1 Å². The maximum atomic E-state index is 11.2. The van der Waals surface area contributed by atoms with Crippen LogP contribution in [0.25, 0.3) is 10.9 Å². The SMILES string of the molecule is Cc1cc(COc2ccc(C3=NOC(C(CC(=O)O)N(C)C)C3)cc2)c2ccccc2n1. The van der Waals surface area contributed by atoms with Gasteiger partial charge in [-0.15, -0.1) is 0 Å². The monoisotopic (exact) mass is 433 g/mol. The number of pyridine rings is 1. The smallest absolute Gasteiger partial charge is 0.305 e. The van der Waals surface area contributed by atoms with Crippen molar-refractivity contribution < 1.29 is 19.5 Å². The van der Waals surface area contributed by atoms with E-state index < -0.39 is 5.97 Å². The fourth-order valence-electron chi connectivity index (χ4n) is 4.02. The Bertz CT molecular complexity index is 1140. The van der Waals surface area contributed by atoms with Gasteiger partial charge in [-0.3, -0.25) is 9.78 Å². The van der Waals surface area contributed by atoms with Crippen LogP contribution in [0.2, 0.25) is 0 Å². The largest absolute Gasteiger partial charge is 0.489 e. The van der Waals surface area contributed by atoms with Gasteiger partial charge in [0.05, 0.1) is 23.7 Å². The predicted molar refractivity (Wildman–Crippen MR) is 123 cm³/mol. The fraction of sp³-hybridized carbons (Fsp3) is 0.320. The van der Waals surface area contributed by atoms with E-state index in [1.54, 1.807) is 0 Å². The van der Waals surface area contributed by atoms with Crippen molar-refractivity contribution in [2.24, 2.45) is 5.16 Å². The van der Waals surface area contributed by atoms with E-state index in [4.69, 9.17) is 9.57 Å². The number of aliphatic carboxylic acids is 1. The van der Waals surface area contributed by atoms with Crippen molar-refractivity contribution in [1.29, 1.82) is 0 Å². The molecule has 0 aliphatic carbocycles. The second-order valence-electron chi connectivity index (χ2n) is 8.27. The van der Waals surface area contributed by atoms with Crippen molar-refractivity contribution in [3.05, 3.63) is 71.4 Å². The van der Waals surface area contributed by atoms with Gasteiger partial charge in [0.15, 0.2) is 0 Å². The third-order valence-electron chi connectivity index (χ3n) is 5.68. The Labute approximate surface area is 187 Å². The van der Waals surface area contributed by atoms with Crippen LogP contribution >= 0.6 is 0 Å². The van der Waals surface area contributed by atoms with Crippen molar-refractivity contribution in [2.45, 2.75) is 38.5 Å². The number of hydrogen-bond acceptors (Lipinski definition) is 6. The summed E-state index contributed by atoms with van der Waals surface area (Å²) in [5, 5.41) is 14.5. The number of carbonyl (C=O) groups is 1. The maximum absolute atomic E-state index is 11.2. The highest BCUT2D eigenvalue weighted by atomic mass is 16.6. The lowest BCUT2D eigenvalue weighted by Gasteiger charge is -2.26. The first-order valence-corrected chi connectivity index (χ1v) is 10.6. The molecule has 4 rings (SSSR count). The molecule has 0 spiro atoms. The zero-order valence-electron chi connectivity index (χ0n) is 18.5. The Hall–Kier alpha value is -3.45. The van der Waals surface area contributed by atoms with E-state index in [-0.39, 0.29) is 18.6 Å². The van der Waals surface area contributed by atoms with E-state index >= 15 is 0 Å². The molecule has 0 amide bonds. The van der Waals surface area contributed by atoms with Gasteiger partial charge >= 0.3 is 5.97 Å². The van der Waals surface area contributed by atoms with Crippen LogP contribution in [0.4, 0.5) is 0 Å². The molecule has 2 atom stereocenters. The summed E-state index contributed by atoms with van der Waals surface area (Å²) >= 11 is 0. The molecule has 1 aromatic heterocycles. The van der Waals surface area contributed by atoms with E-state index in [1.807, 2.05) is 68.4 Å². The summed E-state index contributed by atoms with van der Waals surface area (Å²) in [6.45, 7) is 2.44. The van der Waals surface area contributed by atoms with Crippen LogP contribution in [0.15, 0.2) is 59.8 Å². The number of aromatic nitrogens is 1. The Kier molecular flexibility index (Phi) is 6.37. The van der Waals surface area contributed by atoms with Crippen LogP contribution in [-0.2, 0) is 16.2 Å². The first-order valence-electron chi connectivity index (χ1n) is 10.6. The number of likely N-dealkylation sites (N-methyl/N-ethyl adjacent to an activating group) is 1. The number of hydrogen-bond donors (Lipinski definition) is 1. The molecule has 0 bridgehead atoms. The maximum Gasteiger partial charge on any atom is 0.305 e. The summed E-state index contributed by atoms with van der Waals surface area (Å²) in [6.07, 6.45) is 0.296. The fourth-order valence-corrected chi connectivity index (χ4v) is 4.02. The van der Waals surface area contributed by atoms with Gasteiger partial charge in [-0.05, 0) is 63.0 Å². The van der Waals surface area contributed by atoms with Crippen molar-refractivity contribution in [3.63, 3.8) is 0 Å². The summed E-state index contributed by atoms with van der Waals surface area (Å²) in [7, 11) is 3.71. The summed E-state index contributed by atoms with van der Waals surface area (Å²) in [4.78, 5) is 23.2. The number of oxime groups is 1. The summed E-state index contributed by atoms with van der Waals surface area (Å²) in [5.74, 6) is -0.0835. The number of aryl methyl sites for hydroxylation is 1. The van der Waals surface area contributed by atoms with Gasteiger partial charge in [0.25, 0.3) is 0 Å². The molecule has 1 aliphatic rings. The van der Waals surface area contributed by atoms with Gasteiger partial charge in [-0.2, -0.15) is 0 Å². The lowest BCUT2D eigenvalue weighted by atomic mass is 9.98. The van der Waals surface area contributed by atoms with Crippen LogP contribution in [0.5, 0.6) is 5.75 Å². The number of rotatable bonds is 8. The summed E-state index contributed by atoms with van der Waals surface area (Å²) < 4.78 is 6.04. The number of nitrogens with zero attached hydrogens (tertiary/aromatic N) is 3. The average Bonchev–Trinajstić information content (AvgIpc) is 3.25. The Morgan fingerprint density at radius 2 is 1.97 bits per heavy atom. The molecular weight excluding hydrogens is 406 g/mol. The van der Waals surface area contributed by atoms with Gasteiger partial charge < -0.3 is 19.6 Å². The molecule has 2 unspecified atom stereocenters. The molecule has 3 aromatic rings. The first kappa shape index (κ1) is 21.8. The predicted octanol–water partition coefficient (Wildman–Crippen LogP) is 4.02. The molecule has 7 heteroatoms. The van der Waals surface area contributed by atoms with Crippen LogP contribution in [0, 0.1) is 6.92 Å². The Morgan fingerprint density at radius 3 is 2.69 bits per heavy atom. The van der Waals surface area contributed by atoms with Crippen molar-refractivity contribution >= 4 is 22.6 Å². The van der Waals surface area contributed by atoms with Crippen molar-refractivity contribution in [1.82, 2.24) is 9.88 Å². The molecular formula is C25H27N3O4. The molecule has 1 N–H and O–H groups in total. The van der Waals surface area contributed by atoms with Crippen LogP contribution in [0.3, 0.4) is 0 Å². The minimum Gasteiger partial charge on any atom is -0.489 e. The van der Waals surface area contributed by atoms with Gasteiger partial charge in [-0.1, -0.05) is 23.4 Å². The summed E-state index contributed by atoms with van der Waals surface area (Å²) in [5.41, 5.74) is 4.79. The molecule has 2 aromatic carbocycles. The standard InChI is InChI=1S/C25H27N3O4/c1-16-12-18(20-6-4-5-7-21(20)26-16)15-31-19-10-8-17(9-11-19)22-13-24(32-27-22)23(28(2)3)14-25(29)30/h4-12,23-24H,13-15H2,1-3H3,(H,29,30). The molecule has 0 saturated carbocycles. The Morgan fingerprint density at radius 1 is 1.22 bits per heavy atom. The zero-order valence-corrected chi connectivity index (χ0v) is 18.5. The van der Waals surface area contributed by atoms with Crippen molar-refractivity contribution in [3.8, 4) is 5.75 Å². The average molecular weight is 434 g/mol.